The van der Waals surface area contributed by atoms with Crippen molar-refractivity contribution in [1.29, 1.82) is 0 Å². The van der Waals surface area contributed by atoms with Crippen LogP contribution in [0.25, 0.3) is 11.4 Å². The lowest BCUT2D eigenvalue weighted by atomic mass is 9.98. The van der Waals surface area contributed by atoms with E-state index in [9.17, 15) is 0 Å². The molecule has 1 aromatic heterocycles. The lowest BCUT2D eigenvalue weighted by molar-refractivity contribution is 0.644. The predicted molar refractivity (Wildman–Crippen MR) is 65.4 cm³/mol. The molecule has 1 aliphatic rings. The monoisotopic (exact) mass is 230 g/mol. The molecule has 0 unspecified atom stereocenters. The van der Waals surface area contributed by atoms with E-state index in [2.05, 4.69) is 27.6 Å². The SMILES string of the molecule is Nc1nnc(-c2ccc3c(c2)CNCC3)n1N. The van der Waals surface area contributed by atoms with Gasteiger partial charge in [0.2, 0.25) is 5.95 Å². The number of benzene rings is 1. The van der Waals surface area contributed by atoms with Gasteiger partial charge in [0.15, 0.2) is 5.82 Å². The van der Waals surface area contributed by atoms with E-state index in [1.165, 1.54) is 15.8 Å². The molecule has 0 spiro atoms. The highest BCUT2D eigenvalue weighted by atomic mass is 15.4. The minimum Gasteiger partial charge on any atom is -0.366 e. The van der Waals surface area contributed by atoms with Gasteiger partial charge in [-0.05, 0) is 30.2 Å². The molecular weight excluding hydrogens is 216 g/mol. The maximum absolute atomic E-state index is 5.76. The summed E-state index contributed by atoms with van der Waals surface area (Å²) in [6.07, 6.45) is 1.06. The van der Waals surface area contributed by atoms with E-state index in [1.807, 2.05) is 6.07 Å². The Morgan fingerprint density at radius 3 is 2.88 bits per heavy atom. The van der Waals surface area contributed by atoms with Gasteiger partial charge in [0.1, 0.15) is 0 Å². The highest BCUT2D eigenvalue weighted by Gasteiger charge is 2.13. The fraction of sp³-hybridized carbons (Fsp3) is 0.273. The van der Waals surface area contributed by atoms with E-state index in [-0.39, 0.29) is 5.95 Å². The summed E-state index contributed by atoms with van der Waals surface area (Å²) >= 11 is 0. The average molecular weight is 230 g/mol. The Morgan fingerprint density at radius 1 is 1.24 bits per heavy atom. The van der Waals surface area contributed by atoms with Crippen LogP contribution in [0.3, 0.4) is 0 Å². The van der Waals surface area contributed by atoms with Gasteiger partial charge in [0, 0.05) is 12.1 Å². The molecule has 6 nitrogen and oxygen atoms in total. The minimum absolute atomic E-state index is 0.218. The van der Waals surface area contributed by atoms with Crippen LogP contribution < -0.4 is 16.9 Å². The first-order chi connectivity index (χ1) is 8.25. The Labute approximate surface area is 98.6 Å². The number of aromatic nitrogens is 3. The van der Waals surface area contributed by atoms with Crippen LogP contribution in [0, 0.1) is 0 Å². The van der Waals surface area contributed by atoms with Gasteiger partial charge >= 0.3 is 0 Å². The Morgan fingerprint density at radius 2 is 2.12 bits per heavy atom. The molecule has 2 aromatic rings. The summed E-state index contributed by atoms with van der Waals surface area (Å²) in [5.74, 6) is 6.57. The fourth-order valence-corrected chi connectivity index (χ4v) is 2.12. The molecule has 6 heteroatoms. The Bertz CT molecular complexity index is 559. The van der Waals surface area contributed by atoms with Gasteiger partial charge in [0.05, 0.1) is 0 Å². The van der Waals surface area contributed by atoms with E-state index in [1.54, 1.807) is 0 Å². The number of nitrogen functional groups attached to an aromatic ring is 2. The third-order valence-corrected chi connectivity index (χ3v) is 3.07. The molecule has 3 rings (SSSR count). The van der Waals surface area contributed by atoms with Crippen molar-refractivity contribution in [3.63, 3.8) is 0 Å². The number of fused-ring (bicyclic) bond motifs is 1. The van der Waals surface area contributed by atoms with Gasteiger partial charge in [-0.2, -0.15) is 0 Å². The maximum atomic E-state index is 5.76. The molecule has 0 radical (unpaired) electrons. The average Bonchev–Trinajstić information content (AvgIpc) is 2.70. The topological polar surface area (TPSA) is 94.8 Å². The van der Waals surface area contributed by atoms with Crippen LogP contribution >= 0.6 is 0 Å². The minimum atomic E-state index is 0.218. The summed E-state index contributed by atoms with van der Waals surface area (Å²) in [5, 5.41) is 11.1. The number of nitrogens with one attached hydrogen (secondary N) is 1. The number of anilines is 1. The third-order valence-electron chi connectivity index (χ3n) is 3.07. The van der Waals surface area contributed by atoms with Crippen molar-refractivity contribution in [2.45, 2.75) is 13.0 Å². The van der Waals surface area contributed by atoms with Crippen molar-refractivity contribution >= 4 is 5.95 Å². The van der Waals surface area contributed by atoms with Crippen LogP contribution in [-0.2, 0) is 13.0 Å². The predicted octanol–water partition coefficient (Wildman–Crippen LogP) is -0.113. The molecule has 0 aliphatic carbocycles. The van der Waals surface area contributed by atoms with Crippen LogP contribution in [0.4, 0.5) is 5.95 Å². The van der Waals surface area contributed by atoms with Gasteiger partial charge in [0.25, 0.3) is 0 Å². The van der Waals surface area contributed by atoms with Crippen LogP contribution in [0.1, 0.15) is 11.1 Å². The molecule has 0 saturated carbocycles. The van der Waals surface area contributed by atoms with Crippen LogP contribution in [0.5, 0.6) is 0 Å². The smallest absolute Gasteiger partial charge is 0.241 e. The first-order valence-electron chi connectivity index (χ1n) is 5.54. The van der Waals surface area contributed by atoms with Crippen molar-refractivity contribution in [2.24, 2.45) is 0 Å². The summed E-state index contributed by atoms with van der Waals surface area (Å²) in [7, 11) is 0. The molecule has 0 amide bonds. The second-order valence-corrected chi connectivity index (χ2v) is 4.16. The molecule has 88 valence electrons. The number of rotatable bonds is 1. The molecule has 0 fully saturated rings. The molecule has 1 aromatic carbocycles. The third kappa shape index (κ3) is 1.62. The zero-order valence-electron chi connectivity index (χ0n) is 9.35. The van der Waals surface area contributed by atoms with E-state index < -0.39 is 0 Å². The Balaban J connectivity index is 2.07. The first-order valence-corrected chi connectivity index (χ1v) is 5.54. The van der Waals surface area contributed by atoms with Gasteiger partial charge < -0.3 is 16.9 Å². The van der Waals surface area contributed by atoms with Crippen molar-refractivity contribution in [2.75, 3.05) is 18.1 Å². The maximum Gasteiger partial charge on any atom is 0.241 e. The second-order valence-electron chi connectivity index (χ2n) is 4.16. The van der Waals surface area contributed by atoms with Gasteiger partial charge in [-0.15, -0.1) is 10.2 Å². The van der Waals surface area contributed by atoms with Crippen molar-refractivity contribution in [1.82, 2.24) is 20.2 Å². The van der Waals surface area contributed by atoms with Gasteiger partial charge in [-0.3, -0.25) is 0 Å². The lowest BCUT2D eigenvalue weighted by Crippen LogP contribution is -2.23. The molecule has 0 bridgehead atoms. The molecule has 17 heavy (non-hydrogen) atoms. The number of hydrogen-bond donors (Lipinski definition) is 3. The van der Waals surface area contributed by atoms with Gasteiger partial charge in [-0.25, -0.2) is 4.68 Å². The molecule has 0 atom stereocenters. The summed E-state index contributed by atoms with van der Waals surface area (Å²) in [6, 6.07) is 6.22. The standard InChI is InChI=1S/C11H14N6/c12-11-16-15-10(17(11)13)8-2-1-7-3-4-14-6-9(7)5-8/h1-2,5,14H,3-4,6,13H2,(H2,12,16). The normalized spacial score (nSPS) is 14.6. The molecule has 1 aliphatic heterocycles. The van der Waals surface area contributed by atoms with Crippen molar-refractivity contribution in [3.05, 3.63) is 29.3 Å². The first kappa shape index (κ1) is 10.1. The largest absolute Gasteiger partial charge is 0.366 e. The quantitative estimate of drug-likeness (QED) is 0.594. The van der Waals surface area contributed by atoms with Crippen molar-refractivity contribution in [3.8, 4) is 11.4 Å². The van der Waals surface area contributed by atoms with Crippen LogP contribution in [0.2, 0.25) is 0 Å². The molecule has 0 saturated heterocycles. The zero-order valence-corrected chi connectivity index (χ0v) is 9.35. The number of nitrogens with two attached hydrogens (primary N) is 2. The summed E-state index contributed by atoms with van der Waals surface area (Å²) in [4.78, 5) is 0. The van der Waals surface area contributed by atoms with Crippen LogP contribution in [0.15, 0.2) is 18.2 Å². The number of hydrogen-bond acceptors (Lipinski definition) is 5. The second kappa shape index (κ2) is 3.74. The molecule has 2 heterocycles. The van der Waals surface area contributed by atoms with E-state index >= 15 is 0 Å². The van der Waals surface area contributed by atoms with Gasteiger partial charge in [-0.1, -0.05) is 12.1 Å². The highest BCUT2D eigenvalue weighted by Crippen LogP contribution is 2.22. The summed E-state index contributed by atoms with van der Waals surface area (Å²) in [5.41, 5.74) is 9.18. The Hall–Kier alpha value is -2.08. The van der Waals surface area contributed by atoms with Crippen LogP contribution in [-0.4, -0.2) is 21.4 Å². The Kier molecular flexibility index (Phi) is 2.22. The lowest BCUT2D eigenvalue weighted by Gasteiger charge is -2.17. The fourth-order valence-electron chi connectivity index (χ4n) is 2.12. The van der Waals surface area contributed by atoms with Crippen molar-refractivity contribution < 1.29 is 0 Å². The van der Waals surface area contributed by atoms with E-state index in [0.717, 1.165) is 25.1 Å². The summed E-state index contributed by atoms with van der Waals surface area (Å²) in [6.45, 7) is 1.92. The van der Waals surface area contributed by atoms with E-state index in [4.69, 9.17) is 11.6 Å². The zero-order chi connectivity index (χ0) is 11.8. The molecular formula is C11H14N6. The highest BCUT2D eigenvalue weighted by molar-refractivity contribution is 5.59. The summed E-state index contributed by atoms with van der Waals surface area (Å²) < 4.78 is 1.30. The number of nitrogens with zero attached hydrogens (tertiary/aromatic N) is 3. The van der Waals surface area contributed by atoms with E-state index in [0.29, 0.717) is 5.82 Å². The molecule has 5 N–H and O–H groups in total.